The Balaban J connectivity index is 3.94. The van der Waals surface area contributed by atoms with Gasteiger partial charge in [0, 0.05) is 12.8 Å². The Labute approximate surface area is 331 Å². The molecule has 0 rings (SSSR count). The Morgan fingerprint density at radius 1 is 0.481 bits per heavy atom. The van der Waals surface area contributed by atoms with Gasteiger partial charge >= 0.3 is 19.8 Å². The molecule has 314 valence electrons. The minimum absolute atomic E-state index is 0.204. The van der Waals surface area contributed by atoms with E-state index in [2.05, 4.69) is 67.0 Å². The van der Waals surface area contributed by atoms with Crippen molar-refractivity contribution >= 4 is 19.8 Å². The third kappa shape index (κ3) is 42.7. The van der Waals surface area contributed by atoms with E-state index in [0.717, 1.165) is 57.8 Å². The minimum Gasteiger partial charge on any atom is -0.462 e. The molecule has 0 aromatic heterocycles. The summed E-state index contributed by atoms with van der Waals surface area (Å²) in [6.45, 7) is 3.64. The van der Waals surface area contributed by atoms with Crippen LogP contribution in [0.4, 0.5) is 0 Å². The molecule has 0 aliphatic rings. The summed E-state index contributed by atoms with van der Waals surface area (Å²) in [5.41, 5.74) is 0. The van der Waals surface area contributed by atoms with Crippen LogP contribution in [0.5, 0.6) is 0 Å². The molecule has 0 aromatic carbocycles. The number of esters is 2. The van der Waals surface area contributed by atoms with E-state index < -0.39 is 32.5 Å². The molecule has 0 saturated heterocycles. The molecule has 0 bridgehead atoms. The summed E-state index contributed by atoms with van der Waals surface area (Å²) >= 11 is 0. The van der Waals surface area contributed by atoms with Crippen molar-refractivity contribution in [1.29, 1.82) is 0 Å². The van der Waals surface area contributed by atoms with Gasteiger partial charge in [-0.3, -0.25) is 14.1 Å². The summed E-state index contributed by atoms with van der Waals surface area (Å²) in [7, 11) is -4.76. The van der Waals surface area contributed by atoms with Gasteiger partial charge in [-0.05, 0) is 77.0 Å². The summed E-state index contributed by atoms with van der Waals surface area (Å²) in [5, 5.41) is 0. The topological polar surface area (TPSA) is 119 Å². The highest BCUT2D eigenvalue weighted by Crippen LogP contribution is 2.36. The summed E-state index contributed by atoms with van der Waals surface area (Å²) in [6.07, 6.45) is 49.7. The number of unbranched alkanes of at least 4 members (excludes halogenated alkanes) is 22. The van der Waals surface area contributed by atoms with Crippen molar-refractivity contribution in [3.8, 4) is 0 Å². The lowest BCUT2D eigenvalue weighted by atomic mass is 10.1. The van der Waals surface area contributed by atoms with Gasteiger partial charge in [0.2, 0.25) is 0 Å². The zero-order valence-electron chi connectivity index (χ0n) is 34.6. The molecule has 2 N–H and O–H groups in total. The van der Waals surface area contributed by atoms with E-state index >= 15 is 0 Å². The first-order valence-corrected chi connectivity index (χ1v) is 23.5. The van der Waals surface area contributed by atoms with Gasteiger partial charge in [0.25, 0.3) is 0 Å². The Morgan fingerprint density at radius 3 is 1.30 bits per heavy atom. The van der Waals surface area contributed by atoms with Crippen LogP contribution in [0.25, 0.3) is 0 Å². The van der Waals surface area contributed by atoms with E-state index in [4.69, 9.17) is 19.3 Å². The van der Waals surface area contributed by atoms with E-state index in [0.29, 0.717) is 12.8 Å². The first-order valence-electron chi connectivity index (χ1n) is 21.9. The van der Waals surface area contributed by atoms with E-state index in [9.17, 15) is 14.2 Å². The van der Waals surface area contributed by atoms with Crippen LogP contribution in [0, 0.1) is 0 Å². The Bertz CT molecular complexity index is 1020. The van der Waals surface area contributed by atoms with Crippen molar-refractivity contribution in [3.63, 3.8) is 0 Å². The summed E-state index contributed by atoms with van der Waals surface area (Å²) in [5.74, 6) is -0.910. The second kappa shape index (κ2) is 40.7. The van der Waals surface area contributed by atoms with E-state index in [1.54, 1.807) is 0 Å². The summed E-state index contributed by atoms with van der Waals surface area (Å²) in [6, 6.07) is 0. The molecule has 0 spiro atoms. The number of carbonyl (C=O) groups is 2. The average Bonchev–Trinajstić information content (AvgIpc) is 3.14. The first kappa shape index (κ1) is 52.0. The number of hydrogen-bond acceptors (Lipinski definition) is 6. The molecule has 0 radical (unpaired) electrons. The highest BCUT2D eigenvalue weighted by Gasteiger charge is 2.22. The van der Waals surface area contributed by atoms with Gasteiger partial charge in [-0.25, -0.2) is 4.57 Å². The standard InChI is InChI=1S/C45H81O8P/c1-3-5-7-9-11-13-15-17-19-21-22-24-26-28-30-32-34-36-38-40-45(47)53-43(42-52-54(48,49)50)41-51-44(46)39-37-35-33-31-29-27-25-23-20-18-16-14-12-10-8-6-4-2/h12,14,17-20,25,27,43H,3-11,13,15-16,21-24,26,28-42H2,1-2H3,(H2,48,49,50)/b14-12-,19-17-,20-18-,27-25-/t43-/m1/s1. The molecule has 54 heavy (non-hydrogen) atoms. The zero-order valence-corrected chi connectivity index (χ0v) is 35.5. The van der Waals surface area contributed by atoms with Crippen LogP contribution in [-0.2, 0) is 28.2 Å². The van der Waals surface area contributed by atoms with Gasteiger partial charge in [-0.2, -0.15) is 0 Å². The maximum atomic E-state index is 12.4. The van der Waals surface area contributed by atoms with Gasteiger partial charge in [0.15, 0.2) is 6.10 Å². The number of carbonyl (C=O) groups excluding carboxylic acids is 2. The smallest absolute Gasteiger partial charge is 0.462 e. The Morgan fingerprint density at radius 2 is 0.833 bits per heavy atom. The third-order valence-electron chi connectivity index (χ3n) is 9.32. The zero-order chi connectivity index (χ0) is 39.6. The lowest BCUT2D eigenvalue weighted by Crippen LogP contribution is -2.29. The number of allylic oxidation sites excluding steroid dienone is 8. The fourth-order valence-corrected chi connectivity index (χ4v) is 6.38. The van der Waals surface area contributed by atoms with Crippen LogP contribution < -0.4 is 0 Å². The van der Waals surface area contributed by atoms with Crippen molar-refractivity contribution < 1.29 is 37.9 Å². The van der Waals surface area contributed by atoms with Crippen LogP contribution in [0.2, 0.25) is 0 Å². The highest BCUT2D eigenvalue weighted by atomic mass is 31.2. The molecule has 0 amide bonds. The summed E-state index contributed by atoms with van der Waals surface area (Å²) in [4.78, 5) is 42.9. The average molecular weight is 781 g/mol. The molecular weight excluding hydrogens is 699 g/mol. The lowest BCUT2D eigenvalue weighted by molar-refractivity contribution is -0.161. The van der Waals surface area contributed by atoms with Gasteiger partial charge in [-0.1, -0.05) is 165 Å². The quantitative estimate of drug-likeness (QED) is 0.0273. The van der Waals surface area contributed by atoms with Crippen molar-refractivity contribution in [2.45, 2.75) is 213 Å². The minimum atomic E-state index is -4.76. The fraction of sp³-hybridized carbons (Fsp3) is 0.778. The molecule has 0 aliphatic carbocycles. The normalized spacial score (nSPS) is 12.9. The molecule has 0 fully saturated rings. The van der Waals surface area contributed by atoms with Crippen LogP contribution in [0.15, 0.2) is 48.6 Å². The second-order valence-corrected chi connectivity index (χ2v) is 15.9. The monoisotopic (exact) mass is 781 g/mol. The van der Waals surface area contributed by atoms with Gasteiger partial charge in [0.1, 0.15) is 6.61 Å². The SMILES string of the molecule is CCCCC/C=C\C/C=C\C/C=C\CCCCCCC(=O)OC[C@H](COP(=O)(O)O)OC(=O)CCCCCCCCCCC/C=C\CCCCCCCC. The maximum absolute atomic E-state index is 12.4. The molecule has 1 atom stereocenters. The highest BCUT2D eigenvalue weighted by molar-refractivity contribution is 7.46. The van der Waals surface area contributed by atoms with Gasteiger partial charge < -0.3 is 19.3 Å². The fourth-order valence-electron chi connectivity index (χ4n) is 6.02. The van der Waals surface area contributed by atoms with E-state index in [1.165, 1.54) is 109 Å². The molecular formula is C45H81O8P. The Hall–Kier alpha value is -1.99. The van der Waals surface area contributed by atoms with Crippen LogP contribution in [-0.4, -0.2) is 41.0 Å². The molecule has 8 nitrogen and oxygen atoms in total. The second-order valence-electron chi connectivity index (χ2n) is 14.7. The number of phosphoric ester groups is 1. The Kier molecular flexibility index (Phi) is 39.2. The van der Waals surface area contributed by atoms with Crippen LogP contribution in [0.1, 0.15) is 206 Å². The first-order chi connectivity index (χ1) is 26.3. The van der Waals surface area contributed by atoms with Crippen LogP contribution >= 0.6 is 7.82 Å². The van der Waals surface area contributed by atoms with Gasteiger partial charge in [-0.15, -0.1) is 0 Å². The van der Waals surface area contributed by atoms with E-state index in [-0.39, 0.29) is 19.4 Å². The van der Waals surface area contributed by atoms with Crippen molar-refractivity contribution in [2.24, 2.45) is 0 Å². The largest absolute Gasteiger partial charge is 0.469 e. The predicted molar refractivity (Wildman–Crippen MR) is 225 cm³/mol. The molecule has 0 heterocycles. The number of ether oxygens (including phenoxy) is 2. The lowest BCUT2D eigenvalue weighted by Gasteiger charge is -2.18. The van der Waals surface area contributed by atoms with Crippen LogP contribution in [0.3, 0.4) is 0 Å². The van der Waals surface area contributed by atoms with Crippen molar-refractivity contribution in [1.82, 2.24) is 0 Å². The predicted octanol–water partition coefficient (Wildman–Crippen LogP) is 13.5. The molecule has 0 unspecified atom stereocenters. The number of rotatable bonds is 40. The molecule has 9 heteroatoms. The van der Waals surface area contributed by atoms with E-state index in [1.807, 2.05) is 0 Å². The molecule has 0 aliphatic heterocycles. The van der Waals surface area contributed by atoms with Gasteiger partial charge in [0.05, 0.1) is 6.61 Å². The summed E-state index contributed by atoms with van der Waals surface area (Å²) < 4.78 is 26.4. The maximum Gasteiger partial charge on any atom is 0.469 e. The van der Waals surface area contributed by atoms with Crippen molar-refractivity contribution in [3.05, 3.63) is 48.6 Å². The molecule has 0 aromatic rings. The van der Waals surface area contributed by atoms with Crippen molar-refractivity contribution in [2.75, 3.05) is 13.2 Å². The molecule has 0 saturated carbocycles. The number of hydrogen-bond donors (Lipinski definition) is 2. The third-order valence-corrected chi connectivity index (χ3v) is 9.81. The number of phosphoric acid groups is 1.